The minimum Gasteiger partial charge on any atom is -0.466 e. The fourth-order valence-corrected chi connectivity index (χ4v) is 2.37. The molecule has 0 atom stereocenters. The Morgan fingerprint density at radius 1 is 1.29 bits per heavy atom. The molecule has 0 aliphatic heterocycles. The molecule has 0 fully saturated rings. The Balaban J connectivity index is 2.27. The number of aromatic nitrogens is 1. The van der Waals surface area contributed by atoms with Crippen LogP contribution in [0, 0.1) is 6.92 Å². The smallest absolute Gasteiger partial charge is 0.189 e. The average molecular weight is 318 g/mol. The Morgan fingerprint density at radius 2 is 2.00 bits per heavy atom. The van der Waals surface area contributed by atoms with Crippen LogP contribution in [-0.4, -0.2) is 26.5 Å². The number of halogens is 1. The number of aryl methyl sites for hydroxylation is 1. The van der Waals surface area contributed by atoms with Crippen LogP contribution >= 0.6 is 15.9 Å². The molecule has 1 aromatic rings. The van der Waals surface area contributed by atoms with E-state index in [1.807, 2.05) is 19.1 Å². The van der Waals surface area contributed by atoms with Crippen LogP contribution in [0.1, 0.15) is 5.69 Å². The van der Waals surface area contributed by atoms with Crippen molar-refractivity contribution in [2.75, 3.05) is 13.4 Å². The van der Waals surface area contributed by atoms with Gasteiger partial charge in [-0.1, -0.05) is 19.6 Å². The molecular weight excluding hydrogens is 298 g/mol. The first-order chi connectivity index (χ1) is 7.88. The fourth-order valence-electron chi connectivity index (χ4n) is 1.21. The van der Waals surface area contributed by atoms with Crippen molar-refractivity contribution in [2.24, 2.45) is 0 Å². The predicted molar refractivity (Wildman–Crippen MR) is 76.3 cm³/mol. The van der Waals surface area contributed by atoms with E-state index in [0.29, 0.717) is 6.79 Å². The molecule has 0 aliphatic rings. The van der Waals surface area contributed by atoms with Gasteiger partial charge in [-0.05, 0) is 41.0 Å². The zero-order chi connectivity index (χ0) is 12.9. The van der Waals surface area contributed by atoms with Gasteiger partial charge in [0.25, 0.3) is 0 Å². The first-order valence-corrected chi connectivity index (χ1v) is 10.2. The molecule has 0 aliphatic carbocycles. The van der Waals surface area contributed by atoms with E-state index in [1.165, 1.54) is 0 Å². The van der Waals surface area contributed by atoms with E-state index >= 15 is 0 Å². The normalized spacial score (nSPS) is 11.6. The SMILES string of the molecule is Cc1nc(Br)ccc1OCOCC[Si](C)(C)C. The highest BCUT2D eigenvalue weighted by molar-refractivity contribution is 9.10. The third-order valence-electron chi connectivity index (χ3n) is 2.30. The molecule has 1 heterocycles. The van der Waals surface area contributed by atoms with Crippen LogP contribution in [0.5, 0.6) is 5.75 Å². The second kappa shape index (κ2) is 6.52. The number of hydrogen-bond acceptors (Lipinski definition) is 3. The van der Waals surface area contributed by atoms with Crippen LogP contribution < -0.4 is 4.74 Å². The summed E-state index contributed by atoms with van der Waals surface area (Å²) >= 11 is 3.32. The summed E-state index contributed by atoms with van der Waals surface area (Å²) < 4.78 is 11.8. The zero-order valence-corrected chi connectivity index (χ0v) is 13.5. The molecule has 0 N–H and O–H groups in total. The summed E-state index contributed by atoms with van der Waals surface area (Å²) in [6, 6.07) is 4.92. The molecule has 96 valence electrons. The maximum atomic E-state index is 5.52. The van der Waals surface area contributed by atoms with E-state index in [-0.39, 0.29) is 0 Å². The molecule has 0 unspecified atom stereocenters. The predicted octanol–water partition coefficient (Wildman–Crippen LogP) is 3.84. The van der Waals surface area contributed by atoms with Crippen molar-refractivity contribution in [1.82, 2.24) is 4.98 Å². The second-order valence-electron chi connectivity index (χ2n) is 5.20. The molecule has 17 heavy (non-hydrogen) atoms. The molecule has 0 bridgehead atoms. The summed E-state index contributed by atoms with van der Waals surface area (Å²) in [4.78, 5) is 4.25. The number of pyridine rings is 1. The van der Waals surface area contributed by atoms with Gasteiger partial charge < -0.3 is 9.47 Å². The van der Waals surface area contributed by atoms with Crippen LogP contribution in [0.15, 0.2) is 16.7 Å². The van der Waals surface area contributed by atoms with Gasteiger partial charge in [-0.2, -0.15) is 0 Å². The summed E-state index contributed by atoms with van der Waals surface area (Å²) in [5.41, 5.74) is 0.869. The van der Waals surface area contributed by atoms with Gasteiger partial charge in [0.2, 0.25) is 0 Å². The van der Waals surface area contributed by atoms with Gasteiger partial charge in [0.1, 0.15) is 10.4 Å². The molecule has 1 rings (SSSR count). The van der Waals surface area contributed by atoms with Crippen molar-refractivity contribution >= 4 is 24.0 Å². The molecule has 0 spiro atoms. The highest BCUT2D eigenvalue weighted by Gasteiger charge is 2.12. The van der Waals surface area contributed by atoms with Crippen molar-refractivity contribution in [1.29, 1.82) is 0 Å². The molecule has 0 amide bonds. The largest absolute Gasteiger partial charge is 0.466 e. The second-order valence-corrected chi connectivity index (χ2v) is 11.6. The number of hydrogen-bond donors (Lipinski definition) is 0. The molecule has 5 heteroatoms. The van der Waals surface area contributed by atoms with Gasteiger partial charge in [0, 0.05) is 14.7 Å². The zero-order valence-electron chi connectivity index (χ0n) is 10.9. The summed E-state index contributed by atoms with van der Waals surface area (Å²) in [6.45, 7) is 10.00. The number of rotatable bonds is 6. The Bertz CT molecular complexity index is 366. The van der Waals surface area contributed by atoms with Crippen LogP contribution in [0.25, 0.3) is 0 Å². The Morgan fingerprint density at radius 3 is 2.59 bits per heavy atom. The lowest BCUT2D eigenvalue weighted by molar-refractivity contribution is 0.0214. The first kappa shape index (κ1) is 14.7. The summed E-state index contributed by atoms with van der Waals surface area (Å²) in [5.74, 6) is 0.779. The van der Waals surface area contributed by atoms with Gasteiger partial charge in [0.15, 0.2) is 6.79 Å². The third-order valence-corrected chi connectivity index (χ3v) is 4.44. The number of ether oxygens (including phenoxy) is 2. The number of nitrogens with zero attached hydrogens (tertiary/aromatic N) is 1. The maximum Gasteiger partial charge on any atom is 0.189 e. The molecule has 0 saturated carbocycles. The van der Waals surface area contributed by atoms with Crippen molar-refractivity contribution in [3.8, 4) is 5.75 Å². The highest BCUT2D eigenvalue weighted by Crippen LogP contribution is 2.18. The van der Waals surface area contributed by atoms with Crippen LogP contribution in [0.4, 0.5) is 0 Å². The quantitative estimate of drug-likeness (QED) is 0.346. The maximum absolute atomic E-state index is 5.52. The topological polar surface area (TPSA) is 31.4 Å². The summed E-state index contributed by atoms with van der Waals surface area (Å²) in [6.07, 6.45) is 0. The lowest BCUT2D eigenvalue weighted by Gasteiger charge is -2.15. The summed E-state index contributed by atoms with van der Waals surface area (Å²) in [5, 5.41) is 0. The molecule has 3 nitrogen and oxygen atoms in total. The fraction of sp³-hybridized carbons (Fsp3) is 0.583. The minimum atomic E-state index is -1.00. The molecule has 0 radical (unpaired) electrons. The van der Waals surface area contributed by atoms with E-state index in [0.717, 1.165) is 28.7 Å². The average Bonchev–Trinajstić information content (AvgIpc) is 2.18. The first-order valence-electron chi connectivity index (χ1n) is 5.72. The monoisotopic (exact) mass is 317 g/mol. The van der Waals surface area contributed by atoms with Gasteiger partial charge in [-0.25, -0.2) is 4.98 Å². The van der Waals surface area contributed by atoms with Crippen molar-refractivity contribution in [2.45, 2.75) is 32.6 Å². The highest BCUT2D eigenvalue weighted by atomic mass is 79.9. The van der Waals surface area contributed by atoms with Gasteiger partial charge in [0.05, 0.1) is 5.69 Å². The van der Waals surface area contributed by atoms with Crippen LogP contribution in [0.2, 0.25) is 25.7 Å². The lowest BCUT2D eigenvalue weighted by atomic mass is 10.3. The molecule has 1 aromatic heterocycles. The Kier molecular flexibility index (Phi) is 5.62. The van der Waals surface area contributed by atoms with Crippen LogP contribution in [-0.2, 0) is 4.74 Å². The molecule has 0 saturated heterocycles. The van der Waals surface area contributed by atoms with Crippen molar-refractivity contribution in [3.63, 3.8) is 0 Å². The van der Waals surface area contributed by atoms with Crippen LogP contribution in [0.3, 0.4) is 0 Å². The molecule has 0 aromatic carbocycles. The van der Waals surface area contributed by atoms with Crippen molar-refractivity contribution in [3.05, 3.63) is 22.4 Å². The van der Waals surface area contributed by atoms with Crippen molar-refractivity contribution < 1.29 is 9.47 Å². The standard InChI is InChI=1S/C12H20BrNO2Si/c1-10-11(5-6-12(13)14-10)16-9-15-7-8-17(2,3)4/h5-6H,7-9H2,1-4H3. The van der Waals surface area contributed by atoms with Gasteiger partial charge in [-0.3, -0.25) is 0 Å². The molecular formula is C12H20BrNO2Si. The summed E-state index contributed by atoms with van der Waals surface area (Å²) in [7, 11) is -1.00. The Labute approximate surface area is 113 Å². The van der Waals surface area contributed by atoms with Gasteiger partial charge in [-0.15, -0.1) is 0 Å². The lowest BCUT2D eigenvalue weighted by Crippen LogP contribution is -2.22. The van der Waals surface area contributed by atoms with Gasteiger partial charge >= 0.3 is 0 Å². The van der Waals surface area contributed by atoms with E-state index < -0.39 is 8.07 Å². The van der Waals surface area contributed by atoms with E-state index in [1.54, 1.807) is 0 Å². The third kappa shape index (κ3) is 6.19. The van der Waals surface area contributed by atoms with E-state index in [9.17, 15) is 0 Å². The minimum absolute atomic E-state index is 0.300. The Hall–Kier alpha value is -0.393. The van der Waals surface area contributed by atoms with E-state index in [4.69, 9.17) is 9.47 Å². The van der Waals surface area contributed by atoms with E-state index in [2.05, 4.69) is 40.6 Å².